The van der Waals surface area contributed by atoms with Gasteiger partial charge in [-0.15, -0.1) is 0 Å². The topological polar surface area (TPSA) is 37.4 Å². The van der Waals surface area contributed by atoms with E-state index in [0.717, 1.165) is 0 Å². The largest absolute Gasteiger partial charge is 0.340 e. The van der Waals surface area contributed by atoms with Crippen LogP contribution in [-0.4, -0.2) is 30.2 Å². The molecule has 0 rings (SSSR count). The molecule has 0 fully saturated rings. The lowest BCUT2D eigenvalue weighted by atomic mass is 10.4. The normalized spacial score (nSPS) is 10.0. The molecule has 11 heavy (non-hydrogen) atoms. The van der Waals surface area contributed by atoms with Gasteiger partial charge in [-0.1, -0.05) is 0 Å². The van der Waals surface area contributed by atoms with E-state index in [-0.39, 0.29) is 5.91 Å². The van der Waals surface area contributed by atoms with Crippen LogP contribution in [0.3, 0.4) is 0 Å². The SMILES string of the molecule is CCN(CC)C(=O)C=CC=O. The van der Waals surface area contributed by atoms with E-state index in [0.29, 0.717) is 19.4 Å². The van der Waals surface area contributed by atoms with Crippen LogP contribution in [0.1, 0.15) is 13.8 Å². The lowest BCUT2D eigenvalue weighted by Gasteiger charge is -2.15. The number of likely N-dealkylation sites (N-methyl/N-ethyl adjacent to an activating group) is 1. The number of aldehydes is 1. The van der Waals surface area contributed by atoms with Crippen LogP contribution in [-0.2, 0) is 9.59 Å². The van der Waals surface area contributed by atoms with Crippen molar-refractivity contribution in [2.45, 2.75) is 13.8 Å². The molecule has 0 aromatic rings. The third-order valence-electron chi connectivity index (χ3n) is 1.39. The Kier molecular flexibility index (Phi) is 5.07. The van der Waals surface area contributed by atoms with Gasteiger partial charge in [-0.25, -0.2) is 0 Å². The minimum absolute atomic E-state index is 0.109. The summed E-state index contributed by atoms with van der Waals surface area (Å²) in [6, 6.07) is 0. The number of carbonyl (C=O) groups excluding carboxylic acids is 2. The van der Waals surface area contributed by atoms with Gasteiger partial charge in [0, 0.05) is 19.2 Å². The van der Waals surface area contributed by atoms with Crippen LogP contribution in [0.15, 0.2) is 12.2 Å². The summed E-state index contributed by atoms with van der Waals surface area (Å²) >= 11 is 0. The molecule has 0 aliphatic heterocycles. The lowest BCUT2D eigenvalue weighted by Crippen LogP contribution is -2.28. The molecule has 0 aromatic carbocycles. The van der Waals surface area contributed by atoms with Crippen LogP contribution in [0.25, 0.3) is 0 Å². The van der Waals surface area contributed by atoms with Crippen molar-refractivity contribution in [3.05, 3.63) is 12.2 Å². The van der Waals surface area contributed by atoms with Crippen LogP contribution in [0.4, 0.5) is 0 Å². The Morgan fingerprint density at radius 2 is 1.91 bits per heavy atom. The van der Waals surface area contributed by atoms with Crippen molar-refractivity contribution < 1.29 is 9.59 Å². The van der Waals surface area contributed by atoms with Crippen molar-refractivity contribution in [1.82, 2.24) is 4.90 Å². The summed E-state index contributed by atoms with van der Waals surface area (Å²) in [7, 11) is 0. The van der Waals surface area contributed by atoms with Crippen LogP contribution in [0.5, 0.6) is 0 Å². The van der Waals surface area contributed by atoms with Gasteiger partial charge in [-0.05, 0) is 19.9 Å². The Hall–Kier alpha value is -1.12. The molecule has 0 N–H and O–H groups in total. The number of amides is 1. The van der Waals surface area contributed by atoms with Crippen LogP contribution < -0.4 is 0 Å². The van der Waals surface area contributed by atoms with Crippen LogP contribution in [0.2, 0.25) is 0 Å². The van der Waals surface area contributed by atoms with E-state index in [1.165, 1.54) is 12.2 Å². The van der Waals surface area contributed by atoms with Crippen LogP contribution >= 0.6 is 0 Å². The summed E-state index contributed by atoms with van der Waals surface area (Å²) in [5, 5.41) is 0. The van der Waals surface area contributed by atoms with Crippen molar-refractivity contribution in [2.75, 3.05) is 13.1 Å². The summed E-state index contributed by atoms with van der Waals surface area (Å²) < 4.78 is 0. The predicted molar refractivity (Wildman–Crippen MR) is 43.1 cm³/mol. The molecule has 62 valence electrons. The van der Waals surface area contributed by atoms with Gasteiger partial charge in [-0.2, -0.15) is 0 Å². The lowest BCUT2D eigenvalue weighted by molar-refractivity contribution is -0.125. The fourth-order valence-corrected chi connectivity index (χ4v) is 0.762. The monoisotopic (exact) mass is 155 g/mol. The number of nitrogens with zero attached hydrogens (tertiary/aromatic N) is 1. The van der Waals surface area contributed by atoms with Crippen molar-refractivity contribution in [3.63, 3.8) is 0 Å². The molecule has 0 heterocycles. The first-order valence-electron chi connectivity index (χ1n) is 3.67. The van der Waals surface area contributed by atoms with E-state index >= 15 is 0 Å². The zero-order valence-electron chi connectivity index (χ0n) is 6.91. The number of hydrogen-bond donors (Lipinski definition) is 0. The fraction of sp³-hybridized carbons (Fsp3) is 0.500. The maximum absolute atomic E-state index is 11.0. The summed E-state index contributed by atoms with van der Waals surface area (Å²) in [6.07, 6.45) is 3.09. The molecule has 0 aliphatic rings. The summed E-state index contributed by atoms with van der Waals surface area (Å²) in [6.45, 7) is 5.16. The van der Waals surface area contributed by atoms with Gasteiger partial charge in [0.25, 0.3) is 0 Å². The van der Waals surface area contributed by atoms with E-state index in [2.05, 4.69) is 0 Å². The maximum atomic E-state index is 11.0. The molecule has 3 heteroatoms. The molecule has 1 amide bonds. The highest BCUT2D eigenvalue weighted by Crippen LogP contribution is 1.89. The highest BCUT2D eigenvalue weighted by atomic mass is 16.2. The summed E-state index contributed by atoms with van der Waals surface area (Å²) in [5.74, 6) is -0.109. The standard InChI is InChI=1S/C8H13NO2/c1-3-9(4-2)8(11)6-5-7-10/h5-7H,3-4H2,1-2H3. The summed E-state index contributed by atoms with van der Waals surface area (Å²) in [5.41, 5.74) is 0. The van der Waals surface area contributed by atoms with Gasteiger partial charge in [0.1, 0.15) is 6.29 Å². The number of hydrogen-bond acceptors (Lipinski definition) is 2. The Bertz CT molecular complexity index is 159. The minimum Gasteiger partial charge on any atom is -0.340 e. The Labute approximate surface area is 66.7 Å². The van der Waals surface area contributed by atoms with Crippen molar-refractivity contribution in [1.29, 1.82) is 0 Å². The van der Waals surface area contributed by atoms with Gasteiger partial charge < -0.3 is 4.90 Å². The second-order valence-corrected chi connectivity index (χ2v) is 2.01. The van der Waals surface area contributed by atoms with Gasteiger partial charge in [0.2, 0.25) is 5.91 Å². The molecule has 0 bridgehead atoms. The van der Waals surface area contributed by atoms with Gasteiger partial charge in [0.05, 0.1) is 0 Å². The van der Waals surface area contributed by atoms with Crippen molar-refractivity contribution >= 4 is 12.2 Å². The molecule has 0 aromatic heterocycles. The fourth-order valence-electron chi connectivity index (χ4n) is 0.762. The second kappa shape index (κ2) is 5.65. The van der Waals surface area contributed by atoms with E-state index in [4.69, 9.17) is 0 Å². The number of rotatable bonds is 4. The van der Waals surface area contributed by atoms with Gasteiger partial charge in [-0.3, -0.25) is 9.59 Å². The Morgan fingerprint density at radius 3 is 2.27 bits per heavy atom. The van der Waals surface area contributed by atoms with Crippen molar-refractivity contribution in [2.24, 2.45) is 0 Å². The van der Waals surface area contributed by atoms with E-state index < -0.39 is 0 Å². The smallest absolute Gasteiger partial charge is 0.246 e. The molecule has 3 nitrogen and oxygen atoms in total. The molecule has 0 saturated heterocycles. The zero-order valence-corrected chi connectivity index (χ0v) is 6.91. The molecule has 0 unspecified atom stereocenters. The van der Waals surface area contributed by atoms with E-state index in [9.17, 15) is 9.59 Å². The van der Waals surface area contributed by atoms with E-state index in [1.807, 2.05) is 13.8 Å². The third kappa shape index (κ3) is 3.55. The first-order valence-corrected chi connectivity index (χ1v) is 3.67. The highest BCUT2D eigenvalue weighted by Gasteiger charge is 2.03. The average Bonchev–Trinajstić information content (AvgIpc) is 2.03. The Morgan fingerprint density at radius 1 is 1.36 bits per heavy atom. The number of allylic oxidation sites excluding steroid dienone is 1. The minimum atomic E-state index is -0.109. The zero-order chi connectivity index (χ0) is 8.69. The molecule has 0 atom stereocenters. The highest BCUT2D eigenvalue weighted by molar-refractivity contribution is 5.90. The van der Waals surface area contributed by atoms with Crippen molar-refractivity contribution in [3.8, 4) is 0 Å². The molecular formula is C8H13NO2. The molecule has 0 radical (unpaired) electrons. The molecule has 0 aliphatic carbocycles. The summed E-state index contributed by atoms with van der Waals surface area (Å²) in [4.78, 5) is 22.5. The maximum Gasteiger partial charge on any atom is 0.246 e. The first kappa shape index (κ1) is 9.88. The quantitative estimate of drug-likeness (QED) is 0.440. The van der Waals surface area contributed by atoms with Gasteiger partial charge in [0.15, 0.2) is 0 Å². The van der Waals surface area contributed by atoms with E-state index in [1.54, 1.807) is 4.90 Å². The molecular weight excluding hydrogens is 142 g/mol. The van der Waals surface area contributed by atoms with Crippen LogP contribution in [0, 0.1) is 0 Å². The first-order chi connectivity index (χ1) is 5.26. The Balaban J connectivity index is 3.98. The third-order valence-corrected chi connectivity index (χ3v) is 1.39. The number of carbonyl (C=O) groups is 2. The predicted octanol–water partition coefficient (Wildman–Crippen LogP) is 0.610. The molecule has 0 spiro atoms. The second-order valence-electron chi connectivity index (χ2n) is 2.01. The molecule has 0 saturated carbocycles. The average molecular weight is 155 g/mol. The van der Waals surface area contributed by atoms with Gasteiger partial charge >= 0.3 is 0 Å².